The lowest BCUT2D eigenvalue weighted by Crippen LogP contribution is -2.38. The zero-order chi connectivity index (χ0) is 23.3. The van der Waals surface area contributed by atoms with Gasteiger partial charge in [-0.25, -0.2) is 4.98 Å². The fourth-order valence-corrected chi connectivity index (χ4v) is 4.10. The maximum absolute atomic E-state index is 6.26. The quantitative estimate of drug-likeness (QED) is 0.203. The van der Waals surface area contributed by atoms with Crippen molar-refractivity contribution in [2.45, 2.75) is 26.0 Å². The molecular weight excluding hydrogens is 422 g/mol. The summed E-state index contributed by atoms with van der Waals surface area (Å²) in [7, 11) is 0. The van der Waals surface area contributed by atoms with Crippen LogP contribution in [0, 0.1) is 0 Å². The van der Waals surface area contributed by atoms with Gasteiger partial charge < -0.3 is 10.1 Å². The second-order valence-electron chi connectivity index (χ2n) is 8.71. The Morgan fingerprint density at radius 3 is 2.06 bits per heavy atom. The molecule has 0 radical (unpaired) electrons. The lowest BCUT2D eigenvalue weighted by atomic mass is 10.1. The first-order valence-electron chi connectivity index (χ1n) is 11.7. The summed E-state index contributed by atoms with van der Waals surface area (Å²) in [4.78, 5) is 11.1. The summed E-state index contributed by atoms with van der Waals surface area (Å²) < 4.78 is 6.26. The van der Waals surface area contributed by atoms with E-state index in [1.165, 1.54) is 0 Å². The van der Waals surface area contributed by atoms with Crippen molar-refractivity contribution in [1.29, 1.82) is 0 Å². The van der Waals surface area contributed by atoms with Crippen molar-refractivity contribution in [3.05, 3.63) is 91.0 Å². The minimum Gasteiger partial charge on any atom is -0.490 e. The molecule has 1 unspecified atom stereocenters. The molecule has 0 spiro atoms. The van der Waals surface area contributed by atoms with Crippen LogP contribution in [0.3, 0.4) is 0 Å². The van der Waals surface area contributed by atoms with Crippen LogP contribution in [0.4, 0.5) is 5.69 Å². The predicted molar refractivity (Wildman–Crippen MR) is 140 cm³/mol. The number of fused-ring (bicyclic) bond motifs is 3. The molecule has 0 fully saturated rings. The zero-order valence-corrected chi connectivity index (χ0v) is 19.5. The average molecular weight is 452 g/mol. The van der Waals surface area contributed by atoms with Crippen molar-refractivity contribution in [3.63, 3.8) is 0 Å². The van der Waals surface area contributed by atoms with Crippen molar-refractivity contribution in [2.75, 3.05) is 18.6 Å². The van der Waals surface area contributed by atoms with Crippen LogP contribution >= 0.6 is 0 Å². The third-order valence-electron chi connectivity index (χ3n) is 5.84. The molecule has 172 valence electrons. The number of benzene rings is 4. The molecule has 5 heteroatoms. The molecule has 0 bridgehead atoms. The number of rotatable bonds is 9. The molecule has 1 atom stereocenters. The van der Waals surface area contributed by atoms with Gasteiger partial charge in [0.05, 0.1) is 16.7 Å². The normalized spacial score (nSPS) is 12.4. The molecule has 5 aromatic rings. The number of anilines is 1. The highest BCUT2D eigenvalue weighted by Gasteiger charge is 2.15. The van der Waals surface area contributed by atoms with Crippen molar-refractivity contribution in [1.82, 2.24) is 10.3 Å². The second kappa shape index (κ2) is 10.1. The number of nitrogens with one attached hydrogen (secondary N) is 2. The molecular formula is C29H29N3O2. The van der Waals surface area contributed by atoms with Gasteiger partial charge in [0.15, 0.2) is 0 Å². The lowest BCUT2D eigenvalue weighted by Gasteiger charge is -2.22. The maximum atomic E-state index is 6.26. The molecule has 0 saturated heterocycles. The Bertz CT molecular complexity index is 1360. The third kappa shape index (κ3) is 4.81. The van der Waals surface area contributed by atoms with E-state index in [1.807, 2.05) is 60.7 Å². The Labute approximate surface area is 199 Å². The van der Waals surface area contributed by atoms with Gasteiger partial charge in [-0.1, -0.05) is 86.6 Å². The number of pyridine rings is 1. The van der Waals surface area contributed by atoms with Crippen LogP contribution in [0.1, 0.15) is 13.8 Å². The van der Waals surface area contributed by atoms with Gasteiger partial charge in [0.25, 0.3) is 0 Å². The molecule has 4 aromatic carbocycles. The Kier molecular flexibility index (Phi) is 6.56. The maximum Gasteiger partial charge on any atom is 0.132 e. The fourth-order valence-electron chi connectivity index (χ4n) is 4.10. The van der Waals surface area contributed by atoms with E-state index < -0.39 is 0 Å². The fraction of sp³-hybridized carbons (Fsp3) is 0.207. The number of aromatic nitrogens is 1. The Balaban J connectivity index is 1.39. The summed E-state index contributed by atoms with van der Waals surface area (Å²) in [5, 5.41) is 7.77. The van der Waals surface area contributed by atoms with Crippen LogP contribution < -0.4 is 15.5 Å². The predicted octanol–water partition coefficient (Wildman–Crippen LogP) is 6.33. The smallest absolute Gasteiger partial charge is 0.132 e. The number of hydrogen-bond donors (Lipinski definition) is 2. The first-order valence-corrected chi connectivity index (χ1v) is 11.7. The monoisotopic (exact) mass is 451 g/mol. The Morgan fingerprint density at radius 2 is 1.35 bits per heavy atom. The minimum absolute atomic E-state index is 0.216. The van der Waals surface area contributed by atoms with Gasteiger partial charge in [-0.3, -0.25) is 10.3 Å². The van der Waals surface area contributed by atoms with Gasteiger partial charge in [0.1, 0.15) is 18.5 Å². The summed E-state index contributed by atoms with van der Waals surface area (Å²) >= 11 is 0. The van der Waals surface area contributed by atoms with E-state index in [0.717, 1.165) is 44.0 Å². The van der Waals surface area contributed by atoms with Gasteiger partial charge >= 0.3 is 0 Å². The van der Waals surface area contributed by atoms with Crippen molar-refractivity contribution < 1.29 is 9.57 Å². The Morgan fingerprint density at radius 1 is 0.735 bits per heavy atom. The van der Waals surface area contributed by atoms with E-state index in [4.69, 9.17) is 14.6 Å². The van der Waals surface area contributed by atoms with Crippen LogP contribution in [0.25, 0.3) is 32.6 Å². The van der Waals surface area contributed by atoms with Crippen molar-refractivity contribution in [3.8, 4) is 5.75 Å². The van der Waals surface area contributed by atoms with Gasteiger partial charge in [-0.15, -0.1) is 0 Å². The van der Waals surface area contributed by atoms with Crippen molar-refractivity contribution in [2.24, 2.45) is 0 Å². The second-order valence-corrected chi connectivity index (χ2v) is 8.71. The summed E-state index contributed by atoms with van der Waals surface area (Å²) in [6.07, 6.45) is -0.216. The molecule has 0 aliphatic carbocycles. The summed E-state index contributed by atoms with van der Waals surface area (Å²) in [5.74, 6) is 0.857. The van der Waals surface area contributed by atoms with Crippen LogP contribution in [0.5, 0.6) is 5.75 Å². The molecule has 1 heterocycles. The van der Waals surface area contributed by atoms with Gasteiger partial charge in [0.2, 0.25) is 0 Å². The van der Waals surface area contributed by atoms with Gasteiger partial charge in [-0.2, -0.15) is 0 Å². The van der Waals surface area contributed by atoms with E-state index in [1.54, 1.807) is 0 Å². The minimum atomic E-state index is -0.216. The number of ether oxygens (including phenoxy) is 1. The lowest BCUT2D eigenvalue weighted by molar-refractivity contribution is 0.0557. The first kappa shape index (κ1) is 22.1. The van der Waals surface area contributed by atoms with Crippen molar-refractivity contribution >= 4 is 38.3 Å². The van der Waals surface area contributed by atoms with E-state index in [9.17, 15) is 0 Å². The standard InChI is InChI=1S/C29H29N3O2/c1-20(2)30-18-22(19-33-28-17-9-11-21-10-3-4-12-23(21)28)34-32-29-24-13-5-7-15-26(24)31-27-16-8-6-14-25(27)29/h3-17,20,22,30H,18-19H2,1-2H3,(H,31,32). The van der Waals surface area contributed by atoms with Gasteiger partial charge in [0, 0.05) is 28.7 Å². The highest BCUT2D eigenvalue weighted by Crippen LogP contribution is 2.31. The Hall–Kier alpha value is -3.67. The van der Waals surface area contributed by atoms with Gasteiger partial charge in [-0.05, 0) is 23.6 Å². The van der Waals surface area contributed by atoms with Crippen LogP contribution in [-0.4, -0.2) is 30.3 Å². The molecule has 0 aliphatic rings. The number of nitrogens with zero attached hydrogens (tertiary/aromatic N) is 1. The van der Waals surface area contributed by atoms with Crippen LogP contribution in [0.15, 0.2) is 91.0 Å². The molecule has 0 saturated carbocycles. The topological polar surface area (TPSA) is 55.4 Å². The average Bonchev–Trinajstić information content (AvgIpc) is 2.87. The zero-order valence-electron chi connectivity index (χ0n) is 19.5. The van der Waals surface area contributed by atoms with E-state index >= 15 is 0 Å². The summed E-state index contributed by atoms with van der Waals surface area (Å²) in [6.45, 7) is 5.30. The van der Waals surface area contributed by atoms with E-state index in [0.29, 0.717) is 19.2 Å². The first-order chi connectivity index (χ1) is 16.7. The molecule has 5 rings (SSSR count). The SMILES string of the molecule is CC(C)NCC(COc1cccc2ccccc12)ONc1c2ccccc2nc2ccccc12. The molecule has 2 N–H and O–H groups in total. The summed E-state index contributed by atoms with van der Waals surface area (Å²) in [6, 6.07) is 30.9. The molecule has 5 nitrogen and oxygen atoms in total. The van der Waals surface area contributed by atoms with Crippen LogP contribution in [0.2, 0.25) is 0 Å². The third-order valence-corrected chi connectivity index (χ3v) is 5.84. The highest BCUT2D eigenvalue weighted by molar-refractivity contribution is 6.07. The largest absolute Gasteiger partial charge is 0.490 e. The molecule has 0 amide bonds. The highest BCUT2D eigenvalue weighted by atomic mass is 16.7. The number of para-hydroxylation sites is 2. The molecule has 0 aliphatic heterocycles. The summed E-state index contributed by atoms with van der Waals surface area (Å²) in [5.41, 5.74) is 6.04. The van der Waals surface area contributed by atoms with E-state index in [-0.39, 0.29) is 6.10 Å². The molecule has 1 aromatic heterocycles. The number of hydrogen-bond acceptors (Lipinski definition) is 5. The van der Waals surface area contributed by atoms with Crippen LogP contribution in [-0.2, 0) is 4.84 Å². The van der Waals surface area contributed by atoms with E-state index in [2.05, 4.69) is 55.0 Å². The molecule has 34 heavy (non-hydrogen) atoms.